The topological polar surface area (TPSA) is 24.9 Å². The molecular formula is C12H7ClF4N2. The Labute approximate surface area is 111 Å². The fourth-order valence-corrected chi connectivity index (χ4v) is 1.67. The van der Waals surface area contributed by atoms with Crippen LogP contribution in [0.3, 0.4) is 0 Å². The lowest BCUT2D eigenvalue weighted by Gasteiger charge is -2.14. The maximum atomic E-state index is 12.9. The molecule has 0 unspecified atom stereocenters. The molecule has 2 aromatic rings. The van der Waals surface area contributed by atoms with Gasteiger partial charge in [-0.15, -0.1) is 0 Å². The van der Waals surface area contributed by atoms with Gasteiger partial charge in [0.15, 0.2) is 0 Å². The smallest absolute Gasteiger partial charge is 0.354 e. The van der Waals surface area contributed by atoms with E-state index in [4.69, 9.17) is 11.6 Å². The SMILES string of the molecule is Fc1ccc(Nc2cncc(Cl)c2)c(C(F)(F)F)c1. The monoisotopic (exact) mass is 290 g/mol. The molecule has 0 atom stereocenters. The number of nitrogens with one attached hydrogen (secondary N) is 1. The molecule has 0 radical (unpaired) electrons. The van der Waals surface area contributed by atoms with E-state index in [2.05, 4.69) is 10.3 Å². The first kappa shape index (κ1) is 13.6. The number of anilines is 2. The van der Waals surface area contributed by atoms with Gasteiger partial charge in [-0.2, -0.15) is 13.2 Å². The Balaban J connectivity index is 2.40. The molecule has 0 amide bonds. The van der Waals surface area contributed by atoms with E-state index >= 15 is 0 Å². The Kier molecular flexibility index (Phi) is 3.61. The van der Waals surface area contributed by atoms with Crippen molar-refractivity contribution < 1.29 is 17.6 Å². The van der Waals surface area contributed by atoms with Gasteiger partial charge in [0.2, 0.25) is 0 Å². The van der Waals surface area contributed by atoms with E-state index in [0.29, 0.717) is 6.07 Å². The zero-order valence-electron chi connectivity index (χ0n) is 9.30. The predicted molar refractivity (Wildman–Crippen MR) is 63.9 cm³/mol. The van der Waals surface area contributed by atoms with Gasteiger partial charge in [-0.25, -0.2) is 4.39 Å². The van der Waals surface area contributed by atoms with Gasteiger partial charge < -0.3 is 5.32 Å². The third-order valence-electron chi connectivity index (χ3n) is 2.27. The van der Waals surface area contributed by atoms with E-state index in [-0.39, 0.29) is 16.4 Å². The van der Waals surface area contributed by atoms with Crippen LogP contribution in [0.1, 0.15) is 5.56 Å². The molecule has 0 bridgehead atoms. The maximum Gasteiger partial charge on any atom is 0.418 e. The van der Waals surface area contributed by atoms with Crippen LogP contribution in [0.25, 0.3) is 0 Å². The summed E-state index contributed by atoms with van der Waals surface area (Å²) < 4.78 is 51.2. The van der Waals surface area contributed by atoms with Crippen LogP contribution >= 0.6 is 11.6 Å². The largest absolute Gasteiger partial charge is 0.418 e. The molecule has 1 aromatic heterocycles. The van der Waals surface area contributed by atoms with Crippen molar-refractivity contribution in [3.63, 3.8) is 0 Å². The standard InChI is InChI=1S/C12H7ClF4N2/c13-7-3-9(6-18-5-7)19-11-2-1-8(14)4-10(11)12(15,16)17/h1-6,19H. The van der Waals surface area contributed by atoms with Crippen molar-refractivity contribution in [3.8, 4) is 0 Å². The van der Waals surface area contributed by atoms with Crippen molar-refractivity contribution in [1.29, 1.82) is 0 Å². The summed E-state index contributed by atoms with van der Waals surface area (Å²) in [6, 6.07) is 3.80. The molecule has 0 saturated heterocycles. The van der Waals surface area contributed by atoms with Crippen LogP contribution in [0.15, 0.2) is 36.7 Å². The number of hydrogen-bond donors (Lipinski definition) is 1. The Morgan fingerprint density at radius 3 is 2.47 bits per heavy atom. The Bertz CT molecular complexity index is 599. The van der Waals surface area contributed by atoms with Gasteiger partial charge in [-0.1, -0.05) is 11.6 Å². The lowest BCUT2D eigenvalue weighted by Crippen LogP contribution is -2.09. The minimum absolute atomic E-state index is 0.266. The number of hydrogen-bond acceptors (Lipinski definition) is 2. The van der Waals surface area contributed by atoms with Crippen LogP contribution in [-0.4, -0.2) is 4.98 Å². The Hall–Kier alpha value is -1.82. The normalized spacial score (nSPS) is 11.4. The average molecular weight is 291 g/mol. The summed E-state index contributed by atoms with van der Waals surface area (Å²) >= 11 is 5.68. The van der Waals surface area contributed by atoms with Crippen molar-refractivity contribution in [1.82, 2.24) is 4.98 Å². The third-order valence-corrected chi connectivity index (χ3v) is 2.48. The fraction of sp³-hybridized carbons (Fsp3) is 0.0833. The summed E-state index contributed by atoms with van der Waals surface area (Å²) in [7, 11) is 0. The number of benzene rings is 1. The molecule has 0 spiro atoms. The van der Waals surface area contributed by atoms with Crippen LogP contribution < -0.4 is 5.32 Å². The van der Waals surface area contributed by atoms with Gasteiger partial charge in [-0.3, -0.25) is 4.98 Å². The van der Waals surface area contributed by atoms with E-state index in [0.717, 1.165) is 12.1 Å². The van der Waals surface area contributed by atoms with Gasteiger partial charge >= 0.3 is 6.18 Å². The number of halogens is 5. The number of rotatable bonds is 2. The molecule has 7 heteroatoms. The molecule has 2 rings (SSSR count). The fourth-order valence-electron chi connectivity index (χ4n) is 1.50. The summed E-state index contributed by atoms with van der Waals surface area (Å²) in [4.78, 5) is 3.74. The van der Waals surface area contributed by atoms with Crippen LogP contribution in [0.5, 0.6) is 0 Å². The lowest BCUT2D eigenvalue weighted by atomic mass is 10.1. The minimum Gasteiger partial charge on any atom is -0.354 e. The first-order valence-electron chi connectivity index (χ1n) is 5.10. The first-order valence-corrected chi connectivity index (χ1v) is 5.48. The maximum absolute atomic E-state index is 12.9. The van der Waals surface area contributed by atoms with Crippen LogP contribution in [0.4, 0.5) is 28.9 Å². The van der Waals surface area contributed by atoms with Crippen LogP contribution in [0, 0.1) is 5.82 Å². The summed E-state index contributed by atoms with van der Waals surface area (Å²) in [6.45, 7) is 0. The molecular weight excluding hydrogens is 284 g/mol. The highest BCUT2D eigenvalue weighted by Gasteiger charge is 2.34. The Morgan fingerprint density at radius 1 is 1.11 bits per heavy atom. The van der Waals surface area contributed by atoms with Gasteiger partial charge in [0.25, 0.3) is 0 Å². The number of alkyl halides is 3. The van der Waals surface area contributed by atoms with Crippen LogP contribution in [-0.2, 0) is 6.18 Å². The third kappa shape index (κ3) is 3.35. The van der Waals surface area contributed by atoms with Crippen molar-refractivity contribution in [3.05, 3.63) is 53.1 Å². The lowest BCUT2D eigenvalue weighted by molar-refractivity contribution is -0.137. The predicted octanol–water partition coefficient (Wildman–Crippen LogP) is 4.64. The number of aromatic nitrogens is 1. The number of nitrogens with zero attached hydrogens (tertiary/aromatic N) is 1. The zero-order chi connectivity index (χ0) is 14.0. The highest BCUT2D eigenvalue weighted by Crippen LogP contribution is 2.36. The summed E-state index contributed by atoms with van der Waals surface area (Å²) in [5.74, 6) is -0.956. The summed E-state index contributed by atoms with van der Waals surface area (Å²) in [5.41, 5.74) is -1.07. The molecule has 19 heavy (non-hydrogen) atoms. The van der Waals surface area contributed by atoms with E-state index in [9.17, 15) is 17.6 Å². The van der Waals surface area contributed by atoms with E-state index in [1.165, 1.54) is 18.5 Å². The average Bonchev–Trinajstić information content (AvgIpc) is 2.30. The molecule has 0 fully saturated rings. The van der Waals surface area contributed by atoms with Gasteiger partial charge in [0.05, 0.1) is 28.2 Å². The zero-order valence-corrected chi connectivity index (χ0v) is 10.1. The van der Waals surface area contributed by atoms with Crippen molar-refractivity contribution >= 4 is 23.0 Å². The van der Waals surface area contributed by atoms with Crippen LogP contribution in [0.2, 0.25) is 5.02 Å². The number of pyridine rings is 1. The van der Waals surface area contributed by atoms with E-state index < -0.39 is 17.6 Å². The molecule has 0 aliphatic heterocycles. The first-order chi connectivity index (χ1) is 8.86. The van der Waals surface area contributed by atoms with Gasteiger partial charge in [0.1, 0.15) is 5.82 Å². The highest BCUT2D eigenvalue weighted by molar-refractivity contribution is 6.30. The molecule has 0 aliphatic carbocycles. The molecule has 2 nitrogen and oxygen atoms in total. The second-order valence-corrected chi connectivity index (χ2v) is 4.14. The minimum atomic E-state index is -4.66. The van der Waals surface area contributed by atoms with Gasteiger partial charge in [-0.05, 0) is 24.3 Å². The van der Waals surface area contributed by atoms with Crippen molar-refractivity contribution in [2.45, 2.75) is 6.18 Å². The molecule has 1 N–H and O–H groups in total. The second-order valence-electron chi connectivity index (χ2n) is 3.70. The van der Waals surface area contributed by atoms with E-state index in [1.807, 2.05) is 0 Å². The molecule has 0 aliphatic rings. The second kappa shape index (κ2) is 5.05. The van der Waals surface area contributed by atoms with E-state index in [1.54, 1.807) is 0 Å². The van der Waals surface area contributed by atoms with Crippen molar-refractivity contribution in [2.24, 2.45) is 0 Å². The Morgan fingerprint density at radius 2 is 1.84 bits per heavy atom. The molecule has 0 saturated carbocycles. The molecule has 1 aromatic carbocycles. The van der Waals surface area contributed by atoms with Crippen molar-refractivity contribution in [2.75, 3.05) is 5.32 Å². The molecule has 1 heterocycles. The highest BCUT2D eigenvalue weighted by atomic mass is 35.5. The quantitative estimate of drug-likeness (QED) is 0.815. The molecule has 100 valence electrons. The summed E-state index contributed by atoms with van der Waals surface area (Å²) in [6.07, 6.45) is -1.99. The summed E-state index contributed by atoms with van der Waals surface area (Å²) in [5, 5.41) is 2.79. The van der Waals surface area contributed by atoms with Gasteiger partial charge in [0, 0.05) is 6.20 Å².